The second-order valence-corrected chi connectivity index (χ2v) is 4.77. The number of aromatic nitrogens is 2. The van der Waals surface area contributed by atoms with E-state index in [9.17, 15) is 4.79 Å². The van der Waals surface area contributed by atoms with Crippen LogP contribution < -0.4 is 16.6 Å². The topological polar surface area (TPSA) is 87.0 Å². The summed E-state index contributed by atoms with van der Waals surface area (Å²) in [5.41, 5.74) is 5.57. The van der Waals surface area contributed by atoms with Crippen LogP contribution in [0.3, 0.4) is 0 Å². The van der Waals surface area contributed by atoms with Crippen molar-refractivity contribution in [2.75, 3.05) is 31.2 Å². The molecule has 2 atom stereocenters. The van der Waals surface area contributed by atoms with Crippen LogP contribution >= 0.6 is 0 Å². The zero-order valence-corrected chi connectivity index (χ0v) is 10.2. The van der Waals surface area contributed by atoms with Crippen LogP contribution in [0.25, 0.3) is 0 Å². The monoisotopic (exact) mass is 237 g/mol. The van der Waals surface area contributed by atoms with Gasteiger partial charge in [-0.15, -0.1) is 0 Å². The fourth-order valence-corrected chi connectivity index (χ4v) is 2.27. The smallest absolute Gasteiger partial charge is 0.276 e. The molecule has 17 heavy (non-hydrogen) atoms. The van der Waals surface area contributed by atoms with Gasteiger partial charge in [-0.05, 0) is 25.9 Å². The lowest BCUT2D eigenvalue weighted by Gasteiger charge is -2.35. The van der Waals surface area contributed by atoms with E-state index >= 15 is 0 Å². The molecule has 94 valence electrons. The predicted octanol–water partition coefficient (Wildman–Crippen LogP) is 0.104. The second kappa shape index (κ2) is 4.75. The fraction of sp³-hybridized carbons (Fsp3) is 0.636. The van der Waals surface area contributed by atoms with E-state index in [-0.39, 0.29) is 11.2 Å². The van der Waals surface area contributed by atoms with Crippen molar-refractivity contribution in [1.82, 2.24) is 14.9 Å². The molecule has 1 fully saturated rings. The third-order valence-corrected chi connectivity index (χ3v) is 3.32. The summed E-state index contributed by atoms with van der Waals surface area (Å²) in [5.74, 6) is 1.00. The van der Waals surface area contributed by atoms with Crippen molar-refractivity contribution >= 4 is 11.5 Å². The van der Waals surface area contributed by atoms with Gasteiger partial charge in [-0.1, -0.05) is 6.92 Å². The number of nitrogens with zero attached hydrogens (tertiary/aromatic N) is 2. The minimum atomic E-state index is -0.289. The van der Waals surface area contributed by atoms with E-state index < -0.39 is 0 Å². The van der Waals surface area contributed by atoms with Crippen LogP contribution in [-0.2, 0) is 0 Å². The van der Waals surface area contributed by atoms with E-state index in [2.05, 4.69) is 34.2 Å². The van der Waals surface area contributed by atoms with Gasteiger partial charge in [0.25, 0.3) is 5.56 Å². The Kier molecular flexibility index (Phi) is 3.33. The maximum atomic E-state index is 11.3. The Balaban J connectivity index is 2.10. The van der Waals surface area contributed by atoms with E-state index in [1.807, 2.05) is 0 Å². The summed E-state index contributed by atoms with van der Waals surface area (Å²) in [6, 6.07) is 0.322. The van der Waals surface area contributed by atoms with E-state index in [0.717, 1.165) is 19.5 Å². The number of H-pyrrole nitrogens is 1. The van der Waals surface area contributed by atoms with Gasteiger partial charge in [-0.2, -0.15) is 0 Å². The van der Waals surface area contributed by atoms with Crippen LogP contribution in [0, 0.1) is 5.92 Å². The van der Waals surface area contributed by atoms with Crippen LogP contribution in [0.1, 0.15) is 13.3 Å². The molecule has 0 bridgehead atoms. The van der Waals surface area contributed by atoms with E-state index in [1.165, 1.54) is 6.33 Å². The average molecular weight is 237 g/mol. The van der Waals surface area contributed by atoms with Crippen LogP contribution in [-0.4, -0.2) is 41.0 Å². The summed E-state index contributed by atoms with van der Waals surface area (Å²) in [4.78, 5) is 20.2. The summed E-state index contributed by atoms with van der Waals surface area (Å²) < 4.78 is 0. The summed E-state index contributed by atoms with van der Waals surface area (Å²) in [6.45, 7) is 4.28. The first-order valence-electron chi connectivity index (χ1n) is 5.86. The molecule has 1 aliphatic heterocycles. The summed E-state index contributed by atoms with van der Waals surface area (Å²) in [7, 11) is 2.12. The maximum absolute atomic E-state index is 11.3. The lowest BCUT2D eigenvalue weighted by Crippen LogP contribution is -2.43. The van der Waals surface area contributed by atoms with Crippen LogP contribution in [0.15, 0.2) is 11.1 Å². The number of rotatable bonds is 2. The van der Waals surface area contributed by atoms with Crippen molar-refractivity contribution in [3.05, 3.63) is 16.7 Å². The molecule has 6 nitrogen and oxygen atoms in total. The number of hydrogen-bond acceptors (Lipinski definition) is 5. The Morgan fingerprint density at radius 1 is 1.65 bits per heavy atom. The Hall–Kier alpha value is -1.56. The molecule has 1 aliphatic rings. The highest BCUT2D eigenvalue weighted by Gasteiger charge is 2.24. The molecule has 1 saturated heterocycles. The van der Waals surface area contributed by atoms with E-state index in [4.69, 9.17) is 5.73 Å². The van der Waals surface area contributed by atoms with Crippen molar-refractivity contribution in [3.63, 3.8) is 0 Å². The minimum Gasteiger partial charge on any atom is -0.391 e. The van der Waals surface area contributed by atoms with Crippen molar-refractivity contribution < 1.29 is 0 Å². The molecule has 0 radical (unpaired) electrons. The molecule has 0 saturated carbocycles. The number of likely N-dealkylation sites (tertiary alicyclic amines) is 1. The van der Waals surface area contributed by atoms with Gasteiger partial charge in [-0.3, -0.25) is 4.79 Å². The number of nitrogens with one attached hydrogen (secondary N) is 2. The molecule has 0 spiro atoms. The average Bonchev–Trinajstić information content (AvgIpc) is 2.28. The predicted molar refractivity (Wildman–Crippen MR) is 68.0 cm³/mol. The summed E-state index contributed by atoms with van der Waals surface area (Å²) >= 11 is 0. The van der Waals surface area contributed by atoms with Gasteiger partial charge in [0.05, 0.1) is 6.33 Å². The molecule has 6 heteroatoms. The quantitative estimate of drug-likeness (QED) is 0.679. The molecule has 0 aliphatic carbocycles. The largest absolute Gasteiger partial charge is 0.391 e. The highest BCUT2D eigenvalue weighted by atomic mass is 16.1. The molecule has 0 aromatic carbocycles. The van der Waals surface area contributed by atoms with Crippen LogP contribution in [0.5, 0.6) is 0 Å². The third-order valence-electron chi connectivity index (χ3n) is 3.32. The van der Waals surface area contributed by atoms with Crippen molar-refractivity contribution in [2.24, 2.45) is 5.92 Å². The van der Waals surface area contributed by atoms with E-state index in [1.54, 1.807) is 0 Å². The molecule has 2 heterocycles. The molecular weight excluding hydrogens is 218 g/mol. The molecular formula is C11H19N5O. The molecule has 1 aromatic heterocycles. The van der Waals surface area contributed by atoms with E-state index in [0.29, 0.717) is 17.8 Å². The second-order valence-electron chi connectivity index (χ2n) is 4.77. The van der Waals surface area contributed by atoms with Gasteiger partial charge in [0.1, 0.15) is 5.69 Å². The van der Waals surface area contributed by atoms with Gasteiger partial charge in [0.2, 0.25) is 0 Å². The number of anilines is 2. The Bertz CT molecular complexity index is 444. The van der Waals surface area contributed by atoms with Gasteiger partial charge >= 0.3 is 0 Å². The molecule has 2 rings (SSSR count). The number of hydrogen-bond donors (Lipinski definition) is 3. The highest BCUT2D eigenvalue weighted by molar-refractivity contribution is 5.59. The van der Waals surface area contributed by atoms with Crippen LogP contribution in [0.2, 0.25) is 0 Å². The van der Waals surface area contributed by atoms with Gasteiger partial charge in [-0.25, -0.2) is 4.98 Å². The van der Waals surface area contributed by atoms with Crippen LogP contribution in [0.4, 0.5) is 11.5 Å². The molecule has 2 unspecified atom stereocenters. The first kappa shape index (κ1) is 11.9. The van der Waals surface area contributed by atoms with Crippen molar-refractivity contribution in [2.45, 2.75) is 19.4 Å². The Morgan fingerprint density at radius 3 is 3.12 bits per heavy atom. The van der Waals surface area contributed by atoms with Crippen molar-refractivity contribution in [3.8, 4) is 0 Å². The highest BCUT2D eigenvalue weighted by Crippen LogP contribution is 2.20. The Morgan fingerprint density at radius 2 is 2.41 bits per heavy atom. The number of nitrogens with two attached hydrogens (primary N) is 1. The first-order chi connectivity index (χ1) is 8.08. The molecule has 4 N–H and O–H groups in total. The molecule has 0 amide bonds. The van der Waals surface area contributed by atoms with Gasteiger partial charge < -0.3 is 20.9 Å². The zero-order chi connectivity index (χ0) is 12.4. The first-order valence-corrected chi connectivity index (χ1v) is 5.86. The summed E-state index contributed by atoms with van der Waals surface area (Å²) in [5, 5.41) is 3.28. The lowest BCUT2D eigenvalue weighted by molar-refractivity contribution is 0.206. The third kappa shape index (κ3) is 2.58. The lowest BCUT2D eigenvalue weighted by atomic mass is 9.94. The van der Waals surface area contributed by atoms with Gasteiger partial charge in [0, 0.05) is 12.6 Å². The maximum Gasteiger partial charge on any atom is 0.276 e. The standard InChI is InChI=1S/C11H19N5O/c1-7-5-16(2)4-3-8(7)15-10-9(12)11(17)14-6-13-10/h6-8H,3-5,12H2,1-2H3,(H2,13,14,15,17). The number of nitrogen functional groups attached to an aromatic ring is 1. The Labute approximate surface area is 100 Å². The fourth-order valence-electron chi connectivity index (χ4n) is 2.27. The molecule has 1 aromatic rings. The number of aromatic amines is 1. The van der Waals surface area contributed by atoms with Gasteiger partial charge in [0.15, 0.2) is 5.82 Å². The number of piperidine rings is 1. The minimum absolute atomic E-state index is 0.165. The zero-order valence-electron chi connectivity index (χ0n) is 10.2. The van der Waals surface area contributed by atoms with Crippen molar-refractivity contribution in [1.29, 1.82) is 0 Å². The normalized spacial score (nSPS) is 25.8. The summed E-state index contributed by atoms with van der Waals surface area (Å²) in [6.07, 6.45) is 2.41. The SMILES string of the molecule is CC1CN(C)CCC1Nc1nc[nH]c(=O)c1N.